The fourth-order valence-corrected chi connectivity index (χ4v) is 7.29. The normalized spacial score (nSPS) is 23.2. The van der Waals surface area contributed by atoms with Gasteiger partial charge in [-0.15, -0.1) is 0 Å². The molecule has 3 rings (SSSR count). The van der Waals surface area contributed by atoms with Crippen LogP contribution >= 0.6 is 0 Å². The Morgan fingerprint density at radius 2 is 1.51 bits per heavy atom. The van der Waals surface area contributed by atoms with Crippen LogP contribution in [0.2, 0.25) is 36.3 Å². The van der Waals surface area contributed by atoms with Crippen molar-refractivity contribution in [1.29, 1.82) is 0 Å². The average Bonchev–Trinajstić information content (AvgIpc) is 3.16. The van der Waals surface area contributed by atoms with Crippen LogP contribution in [-0.4, -0.2) is 73.7 Å². The molecule has 2 aliphatic heterocycles. The molecule has 0 bridgehead atoms. The molecule has 0 spiro atoms. The molecule has 3 atom stereocenters. The van der Waals surface area contributed by atoms with E-state index in [1.165, 1.54) is 12.0 Å². The summed E-state index contributed by atoms with van der Waals surface area (Å²) in [7, 11) is -7.66. The Labute approximate surface area is 245 Å². The molecule has 230 valence electrons. The Hall–Kier alpha value is -2.30. The van der Waals surface area contributed by atoms with Gasteiger partial charge < -0.3 is 23.6 Å². The van der Waals surface area contributed by atoms with E-state index in [4.69, 9.17) is 17.8 Å². The van der Waals surface area contributed by atoms with Gasteiger partial charge in [0.1, 0.15) is 17.9 Å². The fraction of sp³-hybridized carbons (Fsp3) is 0.731. The second kappa shape index (κ2) is 10.2. The van der Waals surface area contributed by atoms with Crippen molar-refractivity contribution in [3.8, 4) is 17.2 Å². The zero-order chi connectivity index (χ0) is 31.7. The molecule has 1 aromatic rings. The highest BCUT2D eigenvalue weighted by molar-refractivity contribution is 7.86. The first-order valence-electron chi connectivity index (χ1n) is 13.5. The van der Waals surface area contributed by atoms with Gasteiger partial charge in [0.25, 0.3) is 26.8 Å². The first-order chi connectivity index (χ1) is 18.4. The second-order valence-corrected chi connectivity index (χ2v) is 25.0. The number of carbonyl (C=O) groups excluding carboxylic acids is 1. The van der Waals surface area contributed by atoms with Gasteiger partial charge in [-0.1, -0.05) is 46.7 Å². The van der Waals surface area contributed by atoms with Crippen molar-refractivity contribution in [3.63, 3.8) is 0 Å². The molecule has 1 fully saturated rings. The highest BCUT2D eigenvalue weighted by Gasteiger charge is 2.66. The van der Waals surface area contributed by atoms with Crippen LogP contribution in [-0.2, 0) is 14.3 Å². The fourth-order valence-electron chi connectivity index (χ4n) is 4.60. The van der Waals surface area contributed by atoms with Crippen molar-refractivity contribution in [3.05, 3.63) is 21.6 Å². The lowest BCUT2D eigenvalue weighted by atomic mass is 9.95. The number of ether oxygens (including phenoxy) is 1. The SMILES string of the molecule is COc1c(C)c(O[Si](C)(C)C(C)(C)C)c2c(c1O[Si](C)(C)C(C)(C)C)C(=O)[C@@]1(O)[C@@H](N=[N+]=[N-])[C@H](OS(C)(=O)=O)CN21. The van der Waals surface area contributed by atoms with E-state index in [1.807, 2.05) is 13.1 Å². The number of Topliss-reactive ketones (excluding diaryl/α,β-unsaturated/α-hetero) is 1. The van der Waals surface area contributed by atoms with E-state index in [2.05, 4.69) is 64.7 Å². The first-order valence-corrected chi connectivity index (χ1v) is 21.1. The summed E-state index contributed by atoms with van der Waals surface area (Å²) < 4.78 is 48.8. The molecular weight excluding hydrogens is 585 g/mol. The van der Waals surface area contributed by atoms with Gasteiger partial charge >= 0.3 is 0 Å². The van der Waals surface area contributed by atoms with Crippen LogP contribution in [0.4, 0.5) is 5.69 Å². The van der Waals surface area contributed by atoms with Gasteiger partial charge in [-0.2, -0.15) is 8.42 Å². The minimum Gasteiger partial charge on any atom is -0.542 e. The maximum atomic E-state index is 14.4. The number of anilines is 1. The van der Waals surface area contributed by atoms with Crippen molar-refractivity contribution < 1.29 is 36.1 Å². The highest BCUT2D eigenvalue weighted by atomic mass is 32.2. The van der Waals surface area contributed by atoms with Gasteiger partial charge in [0.15, 0.2) is 11.5 Å². The summed E-state index contributed by atoms with van der Waals surface area (Å²) in [5, 5.41) is 15.3. The summed E-state index contributed by atoms with van der Waals surface area (Å²) in [5.41, 5.74) is 7.76. The number of carbonyl (C=O) groups is 1. The molecule has 1 aromatic carbocycles. The van der Waals surface area contributed by atoms with Crippen molar-refractivity contribution in [2.24, 2.45) is 5.11 Å². The smallest absolute Gasteiger partial charge is 0.264 e. The minimum absolute atomic E-state index is 0.0458. The molecule has 0 aromatic heterocycles. The number of fused-ring (bicyclic) bond motifs is 3. The molecule has 12 nitrogen and oxygen atoms in total. The number of aliphatic hydroxyl groups is 1. The zero-order valence-electron chi connectivity index (χ0n) is 26.4. The lowest BCUT2D eigenvalue weighted by Gasteiger charge is -2.40. The minimum atomic E-state index is -4.03. The van der Waals surface area contributed by atoms with Crippen LogP contribution in [0.5, 0.6) is 17.2 Å². The number of hydrogen-bond donors (Lipinski definition) is 1. The summed E-state index contributed by atoms with van der Waals surface area (Å²) in [6, 6.07) is -1.57. The summed E-state index contributed by atoms with van der Waals surface area (Å²) in [6.45, 7) is 22.1. The molecule has 1 N–H and O–H groups in total. The van der Waals surface area contributed by atoms with Crippen molar-refractivity contribution >= 4 is 38.2 Å². The van der Waals surface area contributed by atoms with Crippen LogP contribution in [0, 0.1) is 6.92 Å². The summed E-state index contributed by atoms with van der Waals surface area (Å²) in [5.74, 6) is 0.0125. The van der Waals surface area contributed by atoms with Gasteiger partial charge in [0.05, 0.1) is 24.6 Å². The van der Waals surface area contributed by atoms with E-state index in [1.54, 1.807) is 6.92 Å². The van der Waals surface area contributed by atoms with Crippen LogP contribution in [0.25, 0.3) is 10.4 Å². The van der Waals surface area contributed by atoms with E-state index in [0.29, 0.717) is 17.1 Å². The Kier molecular flexibility index (Phi) is 8.23. The highest BCUT2D eigenvalue weighted by Crippen LogP contribution is 2.59. The van der Waals surface area contributed by atoms with Crippen LogP contribution in [0.15, 0.2) is 5.11 Å². The number of azide groups is 1. The third-order valence-corrected chi connectivity index (χ3v) is 18.2. The maximum Gasteiger partial charge on any atom is 0.264 e. The molecule has 0 radical (unpaired) electrons. The van der Waals surface area contributed by atoms with Crippen molar-refractivity contribution in [2.45, 2.75) is 103 Å². The Morgan fingerprint density at radius 3 is 1.93 bits per heavy atom. The Bertz CT molecular complexity index is 1410. The summed E-state index contributed by atoms with van der Waals surface area (Å²) in [6.07, 6.45) is -0.467. The number of hydrogen-bond acceptors (Lipinski definition) is 10. The predicted molar refractivity (Wildman–Crippen MR) is 163 cm³/mol. The molecule has 0 unspecified atom stereocenters. The average molecular weight is 629 g/mol. The largest absolute Gasteiger partial charge is 0.542 e. The third-order valence-electron chi connectivity index (χ3n) is 8.94. The molecule has 0 aliphatic carbocycles. The number of methoxy groups -OCH3 is 1. The number of rotatable bonds is 8. The lowest BCUT2D eigenvalue weighted by molar-refractivity contribution is 0.0242. The van der Waals surface area contributed by atoms with Crippen LogP contribution in [0.3, 0.4) is 0 Å². The number of benzene rings is 1. The first kappa shape index (κ1) is 33.2. The van der Waals surface area contributed by atoms with E-state index < -0.39 is 50.4 Å². The monoisotopic (exact) mass is 628 g/mol. The van der Waals surface area contributed by atoms with E-state index in [-0.39, 0.29) is 33.6 Å². The molecule has 1 saturated heterocycles. The molecule has 41 heavy (non-hydrogen) atoms. The Balaban J connectivity index is 2.45. The zero-order valence-corrected chi connectivity index (χ0v) is 29.2. The van der Waals surface area contributed by atoms with Gasteiger partial charge in [-0.05, 0) is 48.7 Å². The van der Waals surface area contributed by atoms with Crippen LogP contribution < -0.4 is 18.5 Å². The quantitative estimate of drug-likeness (QED) is 0.129. The predicted octanol–water partition coefficient (Wildman–Crippen LogP) is 5.50. The van der Waals surface area contributed by atoms with Gasteiger partial charge in [0.2, 0.25) is 11.5 Å². The van der Waals surface area contributed by atoms with Gasteiger partial charge in [0, 0.05) is 17.0 Å². The van der Waals surface area contributed by atoms with E-state index in [0.717, 1.165) is 6.26 Å². The topological polar surface area (TPSA) is 160 Å². The number of nitrogens with zero attached hydrogens (tertiary/aromatic N) is 4. The van der Waals surface area contributed by atoms with Gasteiger partial charge in [-0.25, -0.2) is 0 Å². The molecular formula is C26H44N4O8SSi2. The summed E-state index contributed by atoms with van der Waals surface area (Å²) in [4.78, 5) is 18.6. The van der Waals surface area contributed by atoms with E-state index >= 15 is 0 Å². The molecule has 2 heterocycles. The Morgan fingerprint density at radius 1 is 1.02 bits per heavy atom. The van der Waals surface area contributed by atoms with Gasteiger partial charge in [-0.3, -0.25) is 8.98 Å². The molecule has 0 saturated carbocycles. The van der Waals surface area contributed by atoms with E-state index in [9.17, 15) is 23.8 Å². The molecule has 2 aliphatic rings. The van der Waals surface area contributed by atoms with Crippen LogP contribution in [0.1, 0.15) is 57.5 Å². The standard InChI is InChI=1S/C26H44N4O8SSi2/c1-15-19(37-40(10,11)24(2,3)4)18-17(21(20(15)35-8)38-41(12,13)25(5,6)7)23(31)26(32)22(28-29-27)16(14-30(18)26)36-39(9,33)34/h16,22,32H,14H2,1-13H3/t16-,22+,26+/m1/s1. The molecule has 15 heteroatoms. The number of ketones is 1. The maximum absolute atomic E-state index is 14.4. The second-order valence-electron chi connectivity index (χ2n) is 13.9. The van der Waals surface area contributed by atoms with Crippen molar-refractivity contribution in [1.82, 2.24) is 0 Å². The summed E-state index contributed by atoms with van der Waals surface area (Å²) >= 11 is 0. The molecule has 0 amide bonds. The van der Waals surface area contributed by atoms with Crippen molar-refractivity contribution in [2.75, 3.05) is 24.8 Å². The third kappa shape index (κ3) is 5.47. The lowest BCUT2D eigenvalue weighted by Crippen LogP contribution is -2.53.